The number of likely N-dealkylation sites (tertiary alicyclic amines) is 1. The molecule has 2 aliphatic rings. The highest BCUT2D eigenvalue weighted by Gasteiger charge is 2.28. The molecule has 4 rings (SSSR count). The zero-order valence-corrected chi connectivity index (χ0v) is 21.1. The first-order valence-corrected chi connectivity index (χ1v) is 11.9. The summed E-state index contributed by atoms with van der Waals surface area (Å²) in [6.45, 7) is 4.79. The molecule has 2 saturated heterocycles. The third kappa shape index (κ3) is 7.52. The molecule has 0 spiro atoms. The molecule has 2 unspecified atom stereocenters. The predicted octanol–water partition coefficient (Wildman–Crippen LogP) is 7.02. The van der Waals surface area contributed by atoms with Crippen LogP contribution in [0.3, 0.4) is 0 Å². The fourth-order valence-corrected chi connectivity index (χ4v) is 5.39. The highest BCUT2D eigenvalue weighted by molar-refractivity contribution is 6.42. The Morgan fingerprint density at radius 3 is 2.35 bits per heavy atom. The van der Waals surface area contributed by atoms with Crippen molar-refractivity contribution >= 4 is 48.0 Å². The Bertz CT molecular complexity index is 778. The van der Waals surface area contributed by atoms with E-state index in [0.29, 0.717) is 22.0 Å². The molecule has 0 bridgehead atoms. The summed E-state index contributed by atoms with van der Waals surface area (Å²) in [5.74, 6) is 1.37. The minimum absolute atomic E-state index is 0. The third-order valence-electron chi connectivity index (χ3n) is 6.79. The van der Waals surface area contributed by atoms with Crippen molar-refractivity contribution in [3.8, 4) is 0 Å². The largest absolute Gasteiger partial charge is 0.313 e. The zero-order valence-electron chi connectivity index (χ0n) is 17.9. The van der Waals surface area contributed by atoms with Crippen molar-refractivity contribution in [3.05, 3.63) is 69.7 Å². The number of hydrogen-bond acceptors (Lipinski definition) is 2. The topological polar surface area (TPSA) is 15.3 Å². The van der Waals surface area contributed by atoms with Gasteiger partial charge in [0.2, 0.25) is 0 Å². The molecular formula is C25H34Cl4N2. The van der Waals surface area contributed by atoms with Crippen molar-refractivity contribution in [1.82, 2.24) is 10.2 Å². The molecule has 0 aliphatic carbocycles. The van der Waals surface area contributed by atoms with Gasteiger partial charge in [0.05, 0.1) is 10.0 Å². The molecule has 6 heteroatoms. The highest BCUT2D eigenvalue weighted by Crippen LogP contribution is 2.34. The minimum atomic E-state index is 0. The monoisotopic (exact) mass is 502 g/mol. The van der Waals surface area contributed by atoms with E-state index in [0.717, 1.165) is 12.5 Å². The Kier molecular flexibility index (Phi) is 11.5. The van der Waals surface area contributed by atoms with Gasteiger partial charge in [0.25, 0.3) is 0 Å². The van der Waals surface area contributed by atoms with Gasteiger partial charge in [0.15, 0.2) is 0 Å². The van der Waals surface area contributed by atoms with Gasteiger partial charge in [0.1, 0.15) is 0 Å². The number of rotatable bonds is 6. The Morgan fingerprint density at radius 2 is 1.65 bits per heavy atom. The van der Waals surface area contributed by atoms with Crippen LogP contribution >= 0.6 is 48.0 Å². The number of hydrogen-bond donors (Lipinski definition) is 1. The number of nitrogens with one attached hydrogen (secondary N) is 1. The second-order valence-electron chi connectivity index (χ2n) is 8.75. The van der Waals surface area contributed by atoms with Crippen LogP contribution in [0, 0.1) is 5.92 Å². The maximum atomic E-state index is 6.29. The first kappa shape index (κ1) is 26.8. The van der Waals surface area contributed by atoms with Crippen LogP contribution in [0.2, 0.25) is 10.0 Å². The van der Waals surface area contributed by atoms with Crippen LogP contribution in [0.4, 0.5) is 0 Å². The molecule has 0 radical (unpaired) electrons. The average Bonchev–Trinajstić information content (AvgIpc) is 2.76. The molecule has 0 aromatic heterocycles. The summed E-state index contributed by atoms with van der Waals surface area (Å²) in [5, 5.41) is 5.10. The molecule has 2 aromatic rings. The van der Waals surface area contributed by atoms with E-state index in [4.69, 9.17) is 23.2 Å². The third-order valence-corrected chi connectivity index (χ3v) is 7.53. The van der Waals surface area contributed by atoms with Gasteiger partial charge in [-0.1, -0.05) is 59.6 Å². The number of benzene rings is 2. The summed E-state index contributed by atoms with van der Waals surface area (Å²) in [5.41, 5.74) is 2.82. The van der Waals surface area contributed by atoms with Gasteiger partial charge >= 0.3 is 0 Å². The van der Waals surface area contributed by atoms with Gasteiger partial charge in [-0.05, 0) is 99.8 Å². The molecule has 2 atom stereocenters. The van der Waals surface area contributed by atoms with Crippen molar-refractivity contribution in [1.29, 1.82) is 0 Å². The summed E-state index contributed by atoms with van der Waals surface area (Å²) in [4.78, 5) is 2.67. The van der Waals surface area contributed by atoms with Crippen molar-refractivity contribution in [2.24, 2.45) is 5.92 Å². The maximum Gasteiger partial charge on any atom is 0.0595 e. The molecule has 1 N–H and O–H groups in total. The Morgan fingerprint density at radius 1 is 0.903 bits per heavy atom. The molecule has 2 heterocycles. The molecule has 0 amide bonds. The molecular weight excluding hydrogens is 470 g/mol. The van der Waals surface area contributed by atoms with E-state index < -0.39 is 0 Å². The number of piperidine rings is 2. The maximum absolute atomic E-state index is 6.29. The lowest BCUT2D eigenvalue weighted by Gasteiger charge is -2.37. The smallest absolute Gasteiger partial charge is 0.0595 e. The number of halogens is 4. The standard InChI is InChI=1S/C25H32Cl2N2.2ClH/c26-23-9-8-21(18-24(23)27)22-7-4-13-28-25(22)12-16-29-14-10-20(11-15-29)17-19-5-2-1-3-6-19;;/h1-3,5-6,8-9,18,20,22,25,28H,4,7,10-17H2;2*1H. The van der Waals surface area contributed by atoms with Crippen LogP contribution in [0.5, 0.6) is 0 Å². The van der Waals surface area contributed by atoms with Crippen molar-refractivity contribution in [2.75, 3.05) is 26.2 Å². The minimum Gasteiger partial charge on any atom is -0.313 e. The fourth-order valence-electron chi connectivity index (χ4n) is 5.08. The summed E-state index contributed by atoms with van der Waals surface area (Å²) in [6, 6.07) is 17.7. The van der Waals surface area contributed by atoms with Crippen LogP contribution in [0.15, 0.2) is 48.5 Å². The highest BCUT2D eigenvalue weighted by atomic mass is 35.5. The lowest BCUT2D eigenvalue weighted by molar-refractivity contribution is 0.170. The van der Waals surface area contributed by atoms with Crippen LogP contribution in [0.25, 0.3) is 0 Å². The molecule has 2 fully saturated rings. The second-order valence-corrected chi connectivity index (χ2v) is 9.56. The fraction of sp³-hybridized carbons (Fsp3) is 0.520. The van der Waals surface area contributed by atoms with Crippen molar-refractivity contribution in [3.63, 3.8) is 0 Å². The molecule has 2 aliphatic heterocycles. The second kappa shape index (κ2) is 13.3. The first-order chi connectivity index (χ1) is 14.2. The van der Waals surface area contributed by atoms with Gasteiger partial charge in [-0.25, -0.2) is 0 Å². The van der Waals surface area contributed by atoms with E-state index in [9.17, 15) is 0 Å². The Hall–Kier alpha value is -0.480. The van der Waals surface area contributed by atoms with E-state index in [1.165, 1.54) is 69.3 Å². The zero-order chi connectivity index (χ0) is 20.1. The Balaban J connectivity index is 0.00000171. The van der Waals surface area contributed by atoms with Crippen molar-refractivity contribution in [2.45, 2.75) is 50.5 Å². The van der Waals surface area contributed by atoms with Crippen LogP contribution in [-0.2, 0) is 6.42 Å². The summed E-state index contributed by atoms with van der Waals surface area (Å²) < 4.78 is 0. The summed E-state index contributed by atoms with van der Waals surface area (Å²) in [7, 11) is 0. The molecule has 2 nitrogen and oxygen atoms in total. The predicted molar refractivity (Wildman–Crippen MR) is 139 cm³/mol. The van der Waals surface area contributed by atoms with Crippen LogP contribution in [0.1, 0.15) is 49.1 Å². The van der Waals surface area contributed by atoms with Gasteiger partial charge < -0.3 is 10.2 Å². The van der Waals surface area contributed by atoms with Gasteiger partial charge in [0, 0.05) is 6.04 Å². The molecule has 31 heavy (non-hydrogen) atoms. The van der Waals surface area contributed by atoms with E-state index in [1.807, 2.05) is 6.07 Å². The Labute approximate surface area is 209 Å². The van der Waals surface area contributed by atoms with E-state index in [2.05, 4.69) is 52.7 Å². The number of nitrogens with zero attached hydrogens (tertiary/aromatic N) is 1. The first-order valence-electron chi connectivity index (χ1n) is 11.1. The molecule has 172 valence electrons. The van der Waals surface area contributed by atoms with E-state index in [-0.39, 0.29) is 24.8 Å². The normalized spacial score (nSPS) is 22.4. The summed E-state index contributed by atoms with van der Waals surface area (Å²) in [6.07, 6.45) is 7.54. The van der Waals surface area contributed by atoms with Crippen molar-refractivity contribution < 1.29 is 0 Å². The lowest BCUT2D eigenvalue weighted by atomic mass is 9.83. The summed E-state index contributed by atoms with van der Waals surface area (Å²) >= 11 is 12.4. The average molecular weight is 504 g/mol. The van der Waals surface area contributed by atoms with E-state index in [1.54, 1.807) is 0 Å². The van der Waals surface area contributed by atoms with Gasteiger partial charge in [-0.3, -0.25) is 0 Å². The lowest BCUT2D eigenvalue weighted by Crippen LogP contribution is -2.43. The quantitative estimate of drug-likeness (QED) is 0.455. The SMILES string of the molecule is Cl.Cl.Clc1ccc(C2CCCNC2CCN2CCC(Cc3ccccc3)CC2)cc1Cl. The van der Waals surface area contributed by atoms with Gasteiger partial charge in [-0.2, -0.15) is 0 Å². The molecule has 0 saturated carbocycles. The van der Waals surface area contributed by atoms with E-state index >= 15 is 0 Å². The van der Waals surface area contributed by atoms with Gasteiger partial charge in [-0.15, -0.1) is 24.8 Å². The van der Waals surface area contributed by atoms with Crippen LogP contribution < -0.4 is 5.32 Å². The molecule has 2 aromatic carbocycles. The van der Waals surface area contributed by atoms with Crippen LogP contribution in [-0.4, -0.2) is 37.1 Å².